The first-order valence-electron chi connectivity index (χ1n) is 8.86. The number of nitrogens with two attached hydrogens (primary N) is 2. The van der Waals surface area contributed by atoms with Gasteiger partial charge in [0.05, 0.1) is 31.5 Å². The van der Waals surface area contributed by atoms with E-state index in [-0.39, 0.29) is 0 Å². The molecule has 0 fully saturated rings. The van der Waals surface area contributed by atoms with Crippen molar-refractivity contribution in [3.8, 4) is 0 Å². The summed E-state index contributed by atoms with van der Waals surface area (Å²) in [5.41, 5.74) is 14.7. The van der Waals surface area contributed by atoms with Crippen LogP contribution in [-0.4, -0.2) is 0 Å². The second-order valence-electron chi connectivity index (χ2n) is 6.51. The first kappa shape index (κ1) is 21.5. The Morgan fingerprint density at radius 1 is 0.500 bits per heavy atom. The summed E-state index contributed by atoms with van der Waals surface area (Å²) in [4.78, 5) is 0. The third-order valence-corrected chi connectivity index (χ3v) is 6.40. The van der Waals surface area contributed by atoms with Crippen LogP contribution in [0, 0.1) is 0 Å². The van der Waals surface area contributed by atoms with Crippen LogP contribution in [0.1, 0.15) is 49.7 Å². The summed E-state index contributed by atoms with van der Waals surface area (Å²) in [6.07, 6.45) is 8.81. The zero-order chi connectivity index (χ0) is 19.1. The van der Waals surface area contributed by atoms with Gasteiger partial charge in [0.1, 0.15) is 0 Å². The fourth-order valence-corrected chi connectivity index (χ4v) is 3.83. The predicted octanol–water partition coefficient (Wildman–Crippen LogP) is 7.59. The molecule has 0 bridgehead atoms. The number of hydrogen-bond acceptors (Lipinski definition) is 2. The summed E-state index contributed by atoms with van der Waals surface area (Å²) in [5, 5.41) is 2.10. The number of anilines is 2. The molecule has 2 nitrogen and oxygen atoms in total. The summed E-state index contributed by atoms with van der Waals surface area (Å²) < 4.78 is 0. The molecule has 2 aromatic carbocycles. The maximum atomic E-state index is 6.23. The van der Waals surface area contributed by atoms with Gasteiger partial charge in [-0.2, -0.15) is 0 Å². The minimum Gasteiger partial charge on any atom is -0.397 e. The maximum absolute atomic E-state index is 6.23. The van der Waals surface area contributed by atoms with Crippen LogP contribution in [0.15, 0.2) is 24.3 Å². The summed E-state index contributed by atoms with van der Waals surface area (Å²) in [6, 6.07) is 7.56. The second-order valence-corrected chi connectivity index (χ2v) is 8.02. The molecule has 0 atom stereocenters. The van der Waals surface area contributed by atoms with E-state index >= 15 is 0 Å². The van der Waals surface area contributed by atoms with Crippen molar-refractivity contribution in [1.82, 2.24) is 0 Å². The number of halogens is 4. The van der Waals surface area contributed by atoms with Crippen LogP contribution < -0.4 is 11.5 Å². The van der Waals surface area contributed by atoms with Crippen molar-refractivity contribution < 1.29 is 0 Å². The highest BCUT2D eigenvalue weighted by Crippen LogP contribution is 2.33. The highest BCUT2D eigenvalue weighted by Gasteiger charge is 2.09. The van der Waals surface area contributed by atoms with E-state index in [0.717, 1.165) is 36.8 Å². The lowest BCUT2D eigenvalue weighted by molar-refractivity contribution is 0.594. The molecule has 142 valence electrons. The van der Waals surface area contributed by atoms with Crippen molar-refractivity contribution in [2.24, 2.45) is 0 Å². The first-order valence-corrected chi connectivity index (χ1v) is 10.4. The minimum absolute atomic E-state index is 0.464. The van der Waals surface area contributed by atoms with E-state index in [9.17, 15) is 0 Å². The number of aryl methyl sites for hydroxylation is 2. The van der Waals surface area contributed by atoms with E-state index in [0.29, 0.717) is 31.5 Å². The van der Waals surface area contributed by atoms with Gasteiger partial charge in [-0.15, -0.1) is 0 Å². The highest BCUT2D eigenvalue weighted by atomic mass is 35.5. The van der Waals surface area contributed by atoms with E-state index < -0.39 is 0 Å². The Kier molecular flexibility index (Phi) is 8.69. The zero-order valence-corrected chi connectivity index (χ0v) is 17.7. The Balaban J connectivity index is 1.62. The number of benzene rings is 2. The van der Waals surface area contributed by atoms with Crippen molar-refractivity contribution >= 4 is 57.8 Å². The van der Waals surface area contributed by atoms with Gasteiger partial charge in [0, 0.05) is 0 Å². The molecule has 0 unspecified atom stereocenters. The number of hydrogen-bond donors (Lipinski definition) is 2. The van der Waals surface area contributed by atoms with Gasteiger partial charge < -0.3 is 11.5 Å². The van der Waals surface area contributed by atoms with Crippen molar-refractivity contribution in [2.45, 2.75) is 51.4 Å². The van der Waals surface area contributed by atoms with E-state index in [2.05, 4.69) is 0 Å². The van der Waals surface area contributed by atoms with Gasteiger partial charge >= 0.3 is 0 Å². The molecule has 0 aliphatic heterocycles. The third-order valence-electron chi connectivity index (χ3n) is 4.53. The average Bonchev–Trinajstić information content (AvgIpc) is 2.63. The van der Waals surface area contributed by atoms with Gasteiger partial charge in [-0.1, -0.05) is 84.2 Å². The molecular formula is C20H24Cl4N2. The standard InChI is InChI=1S/C20H24Cl4N2/c21-17-13(9-11-15(25)19(17)23)7-5-3-1-2-4-6-8-14-10-12-16(26)20(24)18(14)22/h9-12H,1-8,25-26H2. The predicted molar refractivity (Wildman–Crippen MR) is 117 cm³/mol. The molecule has 0 amide bonds. The fourth-order valence-electron chi connectivity index (χ4n) is 2.93. The van der Waals surface area contributed by atoms with Crippen molar-refractivity contribution in [3.05, 3.63) is 55.5 Å². The summed E-state index contributed by atoms with van der Waals surface area (Å²) >= 11 is 24.6. The average molecular weight is 434 g/mol. The number of rotatable bonds is 9. The number of unbranched alkanes of at least 4 members (excludes halogenated alkanes) is 5. The Hall–Kier alpha value is -0.800. The lowest BCUT2D eigenvalue weighted by Gasteiger charge is -2.09. The molecule has 0 spiro atoms. The molecule has 0 aliphatic rings. The van der Waals surface area contributed by atoms with Crippen LogP contribution in [-0.2, 0) is 12.8 Å². The monoisotopic (exact) mass is 432 g/mol. The number of nitrogen functional groups attached to an aromatic ring is 2. The van der Waals surface area contributed by atoms with Crippen molar-refractivity contribution in [1.29, 1.82) is 0 Å². The van der Waals surface area contributed by atoms with Gasteiger partial charge in [0.2, 0.25) is 0 Å². The van der Waals surface area contributed by atoms with E-state index in [1.165, 1.54) is 25.7 Å². The molecule has 26 heavy (non-hydrogen) atoms. The smallest absolute Gasteiger partial charge is 0.0824 e. The normalized spacial score (nSPS) is 11.1. The van der Waals surface area contributed by atoms with Gasteiger partial charge in [0.25, 0.3) is 0 Å². The van der Waals surface area contributed by atoms with Crippen molar-refractivity contribution in [2.75, 3.05) is 11.5 Å². The van der Waals surface area contributed by atoms with Crippen LogP contribution in [0.5, 0.6) is 0 Å². The second kappa shape index (κ2) is 10.5. The molecule has 0 heterocycles. The molecule has 6 heteroatoms. The lowest BCUT2D eigenvalue weighted by Crippen LogP contribution is -1.93. The van der Waals surface area contributed by atoms with E-state index in [1.807, 2.05) is 24.3 Å². The van der Waals surface area contributed by atoms with Crippen LogP contribution >= 0.6 is 46.4 Å². The SMILES string of the molecule is Nc1ccc(CCCCCCCCc2ccc(N)c(Cl)c2Cl)c(Cl)c1Cl. The largest absolute Gasteiger partial charge is 0.397 e. The van der Waals surface area contributed by atoms with Crippen LogP contribution in [0.4, 0.5) is 11.4 Å². The topological polar surface area (TPSA) is 52.0 Å². The molecule has 0 radical (unpaired) electrons. The molecule has 0 saturated heterocycles. The van der Waals surface area contributed by atoms with Crippen LogP contribution in [0.3, 0.4) is 0 Å². The van der Waals surface area contributed by atoms with E-state index in [1.54, 1.807) is 0 Å². The summed E-state index contributed by atoms with van der Waals surface area (Å²) in [6.45, 7) is 0. The van der Waals surface area contributed by atoms with Gasteiger partial charge in [-0.25, -0.2) is 0 Å². The summed E-state index contributed by atoms with van der Waals surface area (Å²) in [7, 11) is 0. The van der Waals surface area contributed by atoms with Gasteiger partial charge in [-0.3, -0.25) is 0 Å². The first-order chi connectivity index (χ1) is 12.4. The minimum atomic E-state index is 0.464. The Morgan fingerprint density at radius 3 is 1.23 bits per heavy atom. The van der Waals surface area contributed by atoms with Crippen molar-refractivity contribution in [3.63, 3.8) is 0 Å². The van der Waals surface area contributed by atoms with Gasteiger partial charge in [0.15, 0.2) is 0 Å². The Bertz CT molecular complexity index is 684. The highest BCUT2D eigenvalue weighted by molar-refractivity contribution is 6.44. The summed E-state index contributed by atoms with van der Waals surface area (Å²) in [5.74, 6) is 0. The Morgan fingerprint density at radius 2 is 0.846 bits per heavy atom. The zero-order valence-electron chi connectivity index (χ0n) is 14.6. The molecule has 0 saturated carbocycles. The third kappa shape index (κ3) is 5.85. The maximum Gasteiger partial charge on any atom is 0.0824 e. The fraction of sp³-hybridized carbons (Fsp3) is 0.400. The molecular weight excluding hydrogens is 410 g/mol. The molecule has 0 aliphatic carbocycles. The van der Waals surface area contributed by atoms with Crippen LogP contribution in [0.2, 0.25) is 20.1 Å². The van der Waals surface area contributed by atoms with Gasteiger partial charge in [-0.05, 0) is 48.9 Å². The quantitative estimate of drug-likeness (QED) is 0.316. The molecule has 2 aromatic rings. The lowest BCUT2D eigenvalue weighted by atomic mass is 10.0. The molecule has 0 aromatic heterocycles. The molecule has 2 rings (SSSR count). The van der Waals surface area contributed by atoms with Crippen LogP contribution in [0.25, 0.3) is 0 Å². The molecule has 4 N–H and O–H groups in total. The van der Waals surface area contributed by atoms with E-state index in [4.69, 9.17) is 57.9 Å². The Labute approximate surface area is 175 Å².